The van der Waals surface area contributed by atoms with Gasteiger partial charge in [0.15, 0.2) is 0 Å². The molecule has 5 rings (SSSR count). The topological polar surface area (TPSA) is 67.2 Å². The van der Waals surface area contributed by atoms with Crippen molar-refractivity contribution in [3.8, 4) is 11.3 Å². The highest BCUT2D eigenvalue weighted by atomic mass is 16.2. The molecule has 6 heteroatoms. The molecule has 36 heavy (non-hydrogen) atoms. The Morgan fingerprint density at radius 1 is 1.06 bits per heavy atom. The van der Waals surface area contributed by atoms with Gasteiger partial charge in [-0.2, -0.15) is 5.10 Å². The third-order valence-corrected chi connectivity index (χ3v) is 7.85. The summed E-state index contributed by atoms with van der Waals surface area (Å²) in [4.78, 5) is 29.8. The van der Waals surface area contributed by atoms with Gasteiger partial charge in [-0.25, -0.2) is 0 Å². The second-order valence-electron chi connectivity index (χ2n) is 10.6. The molecule has 2 aliphatic rings. The van der Waals surface area contributed by atoms with Crippen LogP contribution in [-0.4, -0.2) is 33.2 Å². The van der Waals surface area contributed by atoms with Gasteiger partial charge in [-0.15, -0.1) is 0 Å². The summed E-state index contributed by atoms with van der Waals surface area (Å²) in [5, 5.41) is 8.10. The molecule has 6 nitrogen and oxygen atoms in total. The van der Waals surface area contributed by atoms with Gasteiger partial charge < -0.3 is 5.32 Å². The Kier molecular flexibility index (Phi) is 6.45. The molecule has 2 aromatic carbocycles. The fourth-order valence-electron chi connectivity index (χ4n) is 5.56. The van der Waals surface area contributed by atoms with Crippen molar-refractivity contribution in [1.29, 1.82) is 0 Å². The minimum Gasteiger partial charge on any atom is -0.351 e. The number of nitrogens with one attached hydrogen (secondary N) is 1. The van der Waals surface area contributed by atoms with Crippen molar-refractivity contribution < 1.29 is 9.59 Å². The van der Waals surface area contributed by atoms with Crippen molar-refractivity contribution in [3.05, 3.63) is 70.9 Å². The number of anilines is 1. The molecule has 2 heterocycles. The Labute approximate surface area is 213 Å². The van der Waals surface area contributed by atoms with E-state index in [1.165, 1.54) is 12.0 Å². The third-order valence-electron chi connectivity index (χ3n) is 7.85. The van der Waals surface area contributed by atoms with Gasteiger partial charge in [-0.05, 0) is 68.9 Å². The molecular formula is C30H36N4O2. The molecule has 0 radical (unpaired) electrons. The normalized spacial score (nSPS) is 20.3. The third kappa shape index (κ3) is 4.34. The number of aryl methyl sites for hydroxylation is 3. The number of hydrogen-bond donors (Lipinski definition) is 1. The Balaban J connectivity index is 1.57. The van der Waals surface area contributed by atoms with Crippen LogP contribution in [-0.2, 0) is 17.8 Å². The summed E-state index contributed by atoms with van der Waals surface area (Å²) in [5.74, 6) is -0.307. The number of carbonyl (C=O) groups is 2. The highest BCUT2D eigenvalue weighted by molar-refractivity contribution is 6.12. The number of hydrogen-bond acceptors (Lipinski definition) is 3. The molecule has 1 N–H and O–H groups in total. The van der Waals surface area contributed by atoms with Gasteiger partial charge in [0, 0.05) is 17.3 Å². The summed E-state index contributed by atoms with van der Waals surface area (Å²) >= 11 is 0. The van der Waals surface area contributed by atoms with E-state index in [0.29, 0.717) is 12.2 Å². The fraction of sp³-hybridized carbons (Fsp3) is 0.433. The second-order valence-corrected chi connectivity index (χ2v) is 10.6. The molecule has 0 spiro atoms. The smallest absolute Gasteiger partial charge is 0.277 e. The first-order chi connectivity index (χ1) is 17.3. The maximum absolute atomic E-state index is 14.1. The van der Waals surface area contributed by atoms with Crippen LogP contribution in [0, 0.1) is 13.8 Å². The lowest BCUT2D eigenvalue weighted by atomic mass is 9.90. The highest BCUT2D eigenvalue weighted by Crippen LogP contribution is 2.36. The number of fused-ring (bicyclic) bond motifs is 1. The van der Waals surface area contributed by atoms with E-state index >= 15 is 0 Å². The molecule has 188 valence electrons. The van der Waals surface area contributed by atoms with Crippen LogP contribution in [0.25, 0.3) is 11.3 Å². The number of benzene rings is 2. The van der Waals surface area contributed by atoms with Crippen molar-refractivity contribution in [1.82, 2.24) is 15.1 Å². The monoisotopic (exact) mass is 484 g/mol. The van der Waals surface area contributed by atoms with E-state index in [4.69, 9.17) is 5.10 Å². The SMILES string of the molecule is CCc1ccc(-c2cc3n(n2)C[C@@](C)(C(=O)NC2CCCCC2)N(c2cc(C)ccc2C)C3=O)cc1. The summed E-state index contributed by atoms with van der Waals surface area (Å²) in [6, 6.07) is 16.4. The van der Waals surface area contributed by atoms with E-state index in [1.54, 1.807) is 9.58 Å². The lowest BCUT2D eigenvalue weighted by Crippen LogP contribution is -2.65. The van der Waals surface area contributed by atoms with Crippen molar-refractivity contribution in [2.45, 2.75) is 84.3 Å². The average Bonchev–Trinajstić information content (AvgIpc) is 3.31. The van der Waals surface area contributed by atoms with Gasteiger partial charge in [0.1, 0.15) is 11.2 Å². The van der Waals surface area contributed by atoms with Crippen LogP contribution < -0.4 is 10.2 Å². The maximum Gasteiger partial charge on any atom is 0.277 e. The van der Waals surface area contributed by atoms with Crippen molar-refractivity contribution >= 4 is 17.5 Å². The molecule has 1 atom stereocenters. The molecule has 0 saturated heterocycles. The van der Waals surface area contributed by atoms with Crippen LogP contribution in [0.1, 0.15) is 73.1 Å². The quantitative estimate of drug-likeness (QED) is 0.513. The minimum absolute atomic E-state index is 0.112. The zero-order valence-corrected chi connectivity index (χ0v) is 21.8. The van der Waals surface area contributed by atoms with Gasteiger partial charge in [-0.1, -0.05) is 62.6 Å². The van der Waals surface area contributed by atoms with Gasteiger partial charge in [0.25, 0.3) is 5.91 Å². The number of carbonyl (C=O) groups excluding carboxylic acids is 2. The Morgan fingerprint density at radius 3 is 2.47 bits per heavy atom. The van der Waals surface area contributed by atoms with E-state index in [1.807, 2.05) is 45.0 Å². The van der Waals surface area contributed by atoms with Crippen LogP contribution >= 0.6 is 0 Å². The predicted octanol–water partition coefficient (Wildman–Crippen LogP) is 5.60. The Hall–Kier alpha value is -3.41. The maximum atomic E-state index is 14.1. The minimum atomic E-state index is -1.10. The molecule has 2 amide bonds. The van der Waals surface area contributed by atoms with Gasteiger partial charge in [0.2, 0.25) is 5.91 Å². The molecule has 0 unspecified atom stereocenters. The second kappa shape index (κ2) is 9.57. The lowest BCUT2D eigenvalue weighted by molar-refractivity contribution is -0.127. The van der Waals surface area contributed by atoms with Gasteiger partial charge in [-0.3, -0.25) is 19.2 Å². The van der Waals surface area contributed by atoms with Crippen LogP contribution in [0.2, 0.25) is 0 Å². The molecule has 1 aromatic heterocycles. The van der Waals surface area contributed by atoms with Crippen molar-refractivity contribution in [2.75, 3.05) is 4.90 Å². The first-order valence-corrected chi connectivity index (χ1v) is 13.2. The molecule has 0 bridgehead atoms. The summed E-state index contributed by atoms with van der Waals surface area (Å²) in [6.07, 6.45) is 6.43. The van der Waals surface area contributed by atoms with Gasteiger partial charge in [0.05, 0.1) is 12.2 Å². The first-order valence-electron chi connectivity index (χ1n) is 13.2. The van der Waals surface area contributed by atoms with E-state index in [-0.39, 0.29) is 17.9 Å². The number of rotatable bonds is 5. The zero-order valence-electron chi connectivity index (χ0n) is 21.8. The van der Waals surface area contributed by atoms with Crippen LogP contribution in [0.3, 0.4) is 0 Å². The Bertz CT molecular complexity index is 1290. The molecule has 1 aliphatic carbocycles. The van der Waals surface area contributed by atoms with Crippen LogP contribution in [0.5, 0.6) is 0 Å². The summed E-state index contributed by atoms with van der Waals surface area (Å²) in [5.41, 5.74) is 5.17. The van der Waals surface area contributed by atoms with Crippen LogP contribution in [0.4, 0.5) is 5.69 Å². The standard InChI is InChI=1S/C30H36N4O2/c1-5-22-13-15-23(16-14-22)25-18-27-28(35)34(26-17-20(2)11-12-21(26)3)30(4,19-33(27)32-25)29(36)31-24-9-7-6-8-10-24/h11-18,24H,5-10,19H2,1-4H3,(H,31,36)/t30-/m0/s1. The summed E-state index contributed by atoms with van der Waals surface area (Å²) < 4.78 is 1.73. The van der Waals surface area contributed by atoms with Crippen molar-refractivity contribution in [2.24, 2.45) is 0 Å². The van der Waals surface area contributed by atoms with E-state index < -0.39 is 5.54 Å². The average molecular weight is 485 g/mol. The zero-order chi connectivity index (χ0) is 25.4. The Morgan fingerprint density at radius 2 is 1.78 bits per heavy atom. The number of amides is 2. The summed E-state index contributed by atoms with van der Waals surface area (Å²) in [7, 11) is 0. The van der Waals surface area contributed by atoms with Crippen molar-refractivity contribution in [3.63, 3.8) is 0 Å². The van der Waals surface area contributed by atoms with Crippen LogP contribution in [0.15, 0.2) is 48.5 Å². The first kappa shape index (κ1) is 24.3. The molecule has 1 aliphatic heterocycles. The molecule has 1 fully saturated rings. The summed E-state index contributed by atoms with van der Waals surface area (Å²) in [6.45, 7) is 8.32. The van der Waals surface area contributed by atoms with E-state index in [0.717, 1.165) is 60.2 Å². The largest absolute Gasteiger partial charge is 0.351 e. The van der Waals surface area contributed by atoms with E-state index in [2.05, 4.69) is 36.5 Å². The van der Waals surface area contributed by atoms with Gasteiger partial charge >= 0.3 is 0 Å². The molecular weight excluding hydrogens is 448 g/mol. The highest BCUT2D eigenvalue weighted by Gasteiger charge is 2.49. The van der Waals surface area contributed by atoms with E-state index in [9.17, 15) is 9.59 Å². The number of nitrogens with zero attached hydrogens (tertiary/aromatic N) is 3. The lowest BCUT2D eigenvalue weighted by Gasteiger charge is -2.44. The fourth-order valence-corrected chi connectivity index (χ4v) is 5.56. The molecule has 3 aromatic rings. The molecule has 1 saturated carbocycles. The number of aromatic nitrogens is 2. The predicted molar refractivity (Wildman–Crippen MR) is 143 cm³/mol.